The van der Waals surface area contributed by atoms with Crippen LogP contribution < -0.4 is 0 Å². The van der Waals surface area contributed by atoms with E-state index in [-0.39, 0.29) is 0 Å². The van der Waals surface area contributed by atoms with Gasteiger partial charge in [0.2, 0.25) is 5.16 Å². The van der Waals surface area contributed by atoms with E-state index < -0.39 is 0 Å². The van der Waals surface area contributed by atoms with Gasteiger partial charge in [0.15, 0.2) is 0 Å². The van der Waals surface area contributed by atoms with E-state index in [9.17, 15) is 0 Å². The predicted octanol–water partition coefficient (Wildman–Crippen LogP) is 1.07. The minimum atomic E-state index is 0.419. The molecule has 0 aliphatic heterocycles. The zero-order valence-electron chi connectivity index (χ0n) is 10.0. The summed E-state index contributed by atoms with van der Waals surface area (Å²) in [6, 6.07) is 2.60. The van der Waals surface area contributed by atoms with Crippen molar-refractivity contribution in [3.05, 3.63) is 11.3 Å². The van der Waals surface area contributed by atoms with Crippen molar-refractivity contribution >= 4 is 11.8 Å². The van der Waals surface area contributed by atoms with Gasteiger partial charge in [-0.2, -0.15) is 10.4 Å². The van der Waals surface area contributed by atoms with Gasteiger partial charge in [-0.1, -0.05) is 0 Å². The van der Waals surface area contributed by atoms with Crippen LogP contribution in [0.1, 0.15) is 30.1 Å². The van der Waals surface area contributed by atoms with Crippen molar-refractivity contribution < 1.29 is 0 Å². The summed E-state index contributed by atoms with van der Waals surface area (Å²) in [6.07, 6.45) is 2.24. The fourth-order valence-electron chi connectivity index (χ4n) is 1.77. The summed E-state index contributed by atoms with van der Waals surface area (Å²) in [7, 11) is 1.82. The summed E-state index contributed by atoms with van der Waals surface area (Å²) in [6.45, 7) is 1.83. The highest BCUT2D eigenvalue weighted by atomic mass is 32.2. The molecule has 0 radical (unpaired) electrons. The Balaban J connectivity index is 1.97. The summed E-state index contributed by atoms with van der Waals surface area (Å²) in [5.41, 5.74) is 1.32. The molecule has 0 atom stereocenters. The monoisotopic (exact) mass is 261 g/mol. The Kier molecular flexibility index (Phi) is 2.56. The van der Waals surface area contributed by atoms with Gasteiger partial charge in [-0.05, 0) is 42.0 Å². The van der Waals surface area contributed by atoms with Crippen molar-refractivity contribution in [2.75, 3.05) is 0 Å². The molecule has 7 nitrogen and oxygen atoms in total. The zero-order chi connectivity index (χ0) is 12.7. The van der Waals surface area contributed by atoms with Gasteiger partial charge in [0, 0.05) is 7.05 Å². The smallest absolute Gasteiger partial charge is 0.215 e. The number of nitriles is 1. The summed E-state index contributed by atoms with van der Waals surface area (Å²) in [5, 5.41) is 26.6. The largest absolute Gasteiger partial charge is 0.260 e. The molecule has 2 aromatic rings. The minimum Gasteiger partial charge on any atom is -0.260 e. The van der Waals surface area contributed by atoms with E-state index in [2.05, 4.69) is 26.7 Å². The molecule has 18 heavy (non-hydrogen) atoms. The summed E-state index contributed by atoms with van der Waals surface area (Å²) in [4.78, 5) is 0. The highest BCUT2D eigenvalue weighted by Gasteiger charge is 2.29. The molecule has 0 bridgehead atoms. The fraction of sp³-hybridized carbons (Fsp3) is 0.500. The zero-order valence-corrected chi connectivity index (χ0v) is 10.8. The van der Waals surface area contributed by atoms with Crippen LogP contribution in [0.4, 0.5) is 0 Å². The van der Waals surface area contributed by atoms with E-state index in [0.29, 0.717) is 11.6 Å². The first-order valence-corrected chi connectivity index (χ1v) is 6.41. The molecule has 0 saturated heterocycles. The number of hydrogen-bond acceptors (Lipinski definition) is 6. The van der Waals surface area contributed by atoms with Gasteiger partial charge >= 0.3 is 0 Å². The van der Waals surface area contributed by atoms with Crippen LogP contribution in [0.15, 0.2) is 10.2 Å². The lowest BCUT2D eigenvalue weighted by atomic mass is 10.3. The lowest BCUT2D eigenvalue weighted by Crippen LogP contribution is -2.00. The SMILES string of the molecule is Cc1nn(C)c(Sc2nnnn2C2CC2)c1C#N. The molecule has 0 aromatic carbocycles. The third-order valence-electron chi connectivity index (χ3n) is 2.82. The van der Waals surface area contributed by atoms with E-state index in [1.54, 1.807) is 4.68 Å². The van der Waals surface area contributed by atoms with Crippen LogP contribution in [0.25, 0.3) is 0 Å². The molecule has 2 heterocycles. The molecule has 0 spiro atoms. The topological polar surface area (TPSA) is 85.2 Å². The lowest BCUT2D eigenvalue weighted by Gasteiger charge is -2.02. The van der Waals surface area contributed by atoms with Crippen molar-refractivity contribution in [1.82, 2.24) is 30.0 Å². The van der Waals surface area contributed by atoms with Crippen molar-refractivity contribution in [3.8, 4) is 6.07 Å². The molecule has 1 saturated carbocycles. The van der Waals surface area contributed by atoms with Crippen LogP contribution >= 0.6 is 11.8 Å². The first-order chi connectivity index (χ1) is 8.70. The number of aromatic nitrogens is 6. The maximum atomic E-state index is 9.16. The van der Waals surface area contributed by atoms with Gasteiger partial charge in [0.1, 0.15) is 16.7 Å². The number of hydrogen-bond donors (Lipinski definition) is 0. The molecule has 0 amide bonds. The molecule has 3 rings (SSSR count). The van der Waals surface area contributed by atoms with Crippen LogP contribution in [0.5, 0.6) is 0 Å². The van der Waals surface area contributed by atoms with Gasteiger partial charge < -0.3 is 0 Å². The Morgan fingerprint density at radius 3 is 2.89 bits per heavy atom. The van der Waals surface area contributed by atoms with Gasteiger partial charge in [-0.3, -0.25) is 4.68 Å². The molecule has 1 aliphatic carbocycles. The average molecular weight is 261 g/mol. The quantitative estimate of drug-likeness (QED) is 0.821. The molecule has 1 aliphatic rings. The second kappa shape index (κ2) is 4.10. The third kappa shape index (κ3) is 1.76. The van der Waals surface area contributed by atoms with Crippen molar-refractivity contribution in [3.63, 3.8) is 0 Å². The van der Waals surface area contributed by atoms with Crippen LogP contribution in [0.2, 0.25) is 0 Å². The van der Waals surface area contributed by atoms with E-state index in [1.165, 1.54) is 11.8 Å². The molecule has 0 N–H and O–H groups in total. The van der Waals surface area contributed by atoms with E-state index in [1.807, 2.05) is 18.7 Å². The summed E-state index contributed by atoms with van der Waals surface area (Å²) >= 11 is 1.39. The van der Waals surface area contributed by atoms with Crippen LogP contribution in [0.3, 0.4) is 0 Å². The van der Waals surface area contributed by atoms with Crippen LogP contribution in [-0.2, 0) is 7.05 Å². The van der Waals surface area contributed by atoms with Crippen molar-refractivity contribution in [1.29, 1.82) is 5.26 Å². The maximum Gasteiger partial charge on any atom is 0.215 e. The van der Waals surface area contributed by atoms with Gasteiger partial charge in [-0.25, -0.2) is 4.68 Å². The van der Waals surface area contributed by atoms with Crippen molar-refractivity contribution in [2.45, 2.75) is 36.0 Å². The van der Waals surface area contributed by atoms with Gasteiger partial charge in [-0.15, -0.1) is 5.10 Å². The maximum absolute atomic E-state index is 9.16. The highest BCUT2D eigenvalue weighted by molar-refractivity contribution is 7.99. The Labute approximate surface area is 108 Å². The van der Waals surface area contributed by atoms with Crippen LogP contribution in [-0.4, -0.2) is 30.0 Å². The second-order valence-corrected chi connectivity index (χ2v) is 5.20. The van der Waals surface area contributed by atoms with E-state index in [0.717, 1.165) is 28.7 Å². The normalized spacial score (nSPS) is 14.7. The van der Waals surface area contributed by atoms with Gasteiger partial charge in [0.05, 0.1) is 11.7 Å². The Bertz CT molecular complexity index is 631. The summed E-state index contributed by atoms with van der Waals surface area (Å²) < 4.78 is 3.53. The third-order valence-corrected chi connectivity index (χ3v) is 3.94. The van der Waals surface area contributed by atoms with Crippen LogP contribution in [0, 0.1) is 18.3 Å². The first-order valence-electron chi connectivity index (χ1n) is 5.60. The standard InChI is InChI=1S/C10H11N7S/c1-6-8(5-11)9(16(2)13-6)18-10-12-14-15-17(10)7-3-4-7/h7H,3-4H2,1-2H3. The predicted molar refractivity (Wildman–Crippen MR) is 62.9 cm³/mol. The molecule has 8 heteroatoms. The van der Waals surface area contributed by atoms with E-state index in [4.69, 9.17) is 5.26 Å². The molecular weight excluding hydrogens is 250 g/mol. The fourth-order valence-corrected chi connectivity index (χ4v) is 2.77. The number of aryl methyl sites for hydroxylation is 2. The second-order valence-electron chi connectivity index (χ2n) is 4.24. The number of rotatable bonds is 3. The molecule has 1 fully saturated rings. The van der Waals surface area contributed by atoms with Gasteiger partial charge in [0.25, 0.3) is 0 Å². The molecular formula is C10H11N7S. The van der Waals surface area contributed by atoms with Crippen molar-refractivity contribution in [2.24, 2.45) is 7.05 Å². The minimum absolute atomic E-state index is 0.419. The Hall–Kier alpha value is -1.88. The van der Waals surface area contributed by atoms with E-state index >= 15 is 0 Å². The highest BCUT2D eigenvalue weighted by Crippen LogP contribution is 2.38. The Morgan fingerprint density at radius 1 is 1.44 bits per heavy atom. The Morgan fingerprint density at radius 2 is 2.22 bits per heavy atom. The summed E-state index contributed by atoms with van der Waals surface area (Å²) in [5.74, 6) is 0. The average Bonchev–Trinajstić information content (AvgIpc) is 3.02. The number of tetrazole rings is 1. The molecule has 2 aromatic heterocycles. The molecule has 0 unspecified atom stereocenters. The lowest BCUT2D eigenvalue weighted by molar-refractivity contribution is 0.564. The molecule has 92 valence electrons. The number of nitrogens with zero attached hydrogens (tertiary/aromatic N) is 7. The first kappa shape index (κ1) is 11.2.